The molecule has 1 spiro atoms. The van der Waals surface area contributed by atoms with Gasteiger partial charge >= 0.3 is 0 Å². The van der Waals surface area contributed by atoms with E-state index < -0.39 is 0 Å². The summed E-state index contributed by atoms with van der Waals surface area (Å²) in [5.74, 6) is 4.02. The number of morpholine rings is 1. The normalized spacial score (nSPS) is 54.0. The topological polar surface area (TPSA) is 21.3 Å². The van der Waals surface area contributed by atoms with Gasteiger partial charge < -0.3 is 10.1 Å². The fraction of sp³-hybridized carbons (Fsp3) is 1.00. The number of hydrogen-bond acceptors (Lipinski definition) is 2. The fourth-order valence-electron chi connectivity index (χ4n) is 5.20. The molecule has 0 unspecified atom stereocenters. The quantitative estimate of drug-likeness (QED) is 0.705. The van der Waals surface area contributed by atoms with Crippen LogP contribution in [0.2, 0.25) is 0 Å². The Hall–Kier alpha value is 0.210. The Morgan fingerprint density at radius 3 is 2.06 bits per heavy atom. The van der Waals surface area contributed by atoms with Crippen LogP contribution in [0.1, 0.15) is 32.1 Å². The molecule has 5 aliphatic rings. The molecule has 0 aromatic heterocycles. The van der Waals surface area contributed by atoms with Crippen LogP contribution < -0.4 is 5.32 Å². The molecule has 1 aliphatic heterocycles. The lowest BCUT2D eigenvalue weighted by Crippen LogP contribution is -2.69. The molecule has 0 aromatic rings. The van der Waals surface area contributed by atoms with E-state index in [1.165, 1.54) is 25.7 Å². The van der Waals surface area contributed by atoms with Crippen LogP contribution in [0.15, 0.2) is 0 Å². The van der Waals surface area contributed by atoms with E-state index in [1.807, 2.05) is 0 Å². The summed E-state index contributed by atoms with van der Waals surface area (Å²) in [7, 11) is 0. The Balaban J connectivity index is 0.000000810. The van der Waals surface area contributed by atoms with Crippen molar-refractivity contribution in [2.45, 2.75) is 37.6 Å². The van der Waals surface area contributed by atoms with Gasteiger partial charge in [0.15, 0.2) is 0 Å². The molecule has 5 fully saturated rings. The maximum atomic E-state index is 5.79. The standard InChI is InChI=1S/C13H21NO.ClH/c1-2-15-8-13(14-1)11-4-9-3-10(6-11)7-12(13)5-9;/h9-12,14H,1-8H2;1H. The minimum Gasteiger partial charge on any atom is -0.378 e. The van der Waals surface area contributed by atoms with Gasteiger partial charge in [-0.3, -0.25) is 0 Å². The van der Waals surface area contributed by atoms with E-state index in [-0.39, 0.29) is 12.4 Å². The second-order valence-electron chi connectivity index (χ2n) is 6.32. The molecule has 4 aliphatic carbocycles. The number of rotatable bonds is 0. The Morgan fingerprint density at radius 2 is 1.56 bits per heavy atom. The van der Waals surface area contributed by atoms with E-state index in [1.54, 1.807) is 6.42 Å². The molecule has 3 heteroatoms. The van der Waals surface area contributed by atoms with Gasteiger partial charge in [-0.2, -0.15) is 0 Å². The van der Waals surface area contributed by atoms with Gasteiger partial charge in [0.25, 0.3) is 0 Å². The van der Waals surface area contributed by atoms with Crippen molar-refractivity contribution in [3.8, 4) is 0 Å². The van der Waals surface area contributed by atoms with Crippen molar-refractivity contribution >= 4 is 12.4 Å². The minimum absolute atomic E-state index is 0. The van der Waals surface area contributed by atoms with Gasteiger partial charge in [-0.05, 0) is 55.8 Å². The van der Waals surface area contributed by atoms with Crippen LogP contribution in [-0.4, -0.2) is 25.3 Å². The summed E-state index contributed by atoms with van der Waals surface area (Å²) in [5, 5.41) is 3.85. The molecule has 0 radical (unpaired) electrons. The Bertz CT molecular complexity index is 245. The first-order valence-corrected chi connectivity index (χ1v) is 6.69. The van der Waals surface area contributed by atoms with Gasteiger partial charge in [0.05, 0.1) is 13.2 Å². The minimum atomic E-state index is 0. The maximum Gasteiger partial charge on any atom is 0.0654 e. The highest BCUT2D eigenvalue weighted by Gasteiger charge is 2.57. The van der Waals surface area contributed by atoms with Crippen molar-refractivity contribution in [1.82, 2.24) is 5.32 Å². The monoisotopic (exact) mass is 243 g/mol. The van der Waals surface area contributed by atoms with Crippen molar-refractivity contribution in [3.63, 3.8) is 0 Å². The highest BCUT2D eigenvalue weighted by molar-refractivity contribution is 5.85. The maximum absolute atomic E-state index is 5.79. The lowest BCUT2D eigenvalue weighted by molar-refractivity contribution is -0.126. The first-order chi connectivity index (χ1) is 7.37. The zero-order valence-electron chi connectivity index (χ0n) is 9.78. The lowest BCUT2D eigenvalue weighted by atomic mass is 9.48. The van der Waals surface area contributed by atoms with Crippen molar-refractivity contribution in [3.05, 3.63) is 0 Å². The van der Waals surface area contributed by atoms with Gasteiger partial charge in [0.1, 0.15) is 0 Å². The predicted molar refractivity (Wildman–Crippen MR) is 65.8 cm³/mol. The van der Waals surface area contributed by atoms with Crippen LogP contribution >= 0.6 is 12.4 Å². The Labute approximate surface area is 104 Å². The van der Waals surface area contributed by atoms with Crippen molar-refractivity contribution < 1.29 is 4.74 Å². The number of nitrogens with one attached hydrogen (secondary N) is 1. The van der Waals surface area contributed by atoms with Crippen LogP contribution in [0.3, 0.4) is 0 Å². The Kier molecular flexibility index (Phi) is 2.73. The molecule has 1 saturated heterocycles. The molecule has 1 heterocycles. The highest BCUT2D eigenvalue weighted by Crippen LogP contribution is 2.58. The molecule has 92 valence electrons. The van der Waals surface area contributed by atoms with Crippen molar-refractivity contribution in [2.24, 2.45) is 23.7 Å². The number of halogens is 1. The molecular weight excluding hydrogens is 222 g/mol. The van der Waals surface area contributed by atoms with Gasteiger partial charge in [-0.1, -0.05) is 0 Å². The third-order valence-electron chi connectivity index (χ3n) is 5.64. The summed E-state index contributed by atoms with van der Waals surface area (Å²) < 4.78 is 5.79. The third kappa shape index (κ3) is 1.39. The zero-order valence-corrected chi connectivity index (χ0v) is 10.6. The average Bonchev–Trinajstić information content (AvgIpc) is 2.26. The largest absolute Gasteiger partial charge is 0.378 e. The molecule has 0 amide bonds. The van der Waals surface area contributed by atoms with Gasteiger partial charge in [-0.25, -0.2) is 0 Å². The van der Waals surface area contributed by atoms with Gasteiger partial charge in [0.2, 0.25) is 0 Å². The summed E-state index contributed by atoms with van der Waals surface area (Å²) in [6, 6.07) is 0. The highest BCUT2D eigenvalue weighted by atomic mass is 35.5. The Morgan fingerprint density at radius 1 is 0.938 bits per heavy atom. The smallest absolute Gasteiger partial charge is 0.0654 e. The van der Waals surface area contributed by atoms with Gasteiger partial charge in [-0.15, -0.1) is 12.4 Å². The van der Waals surface area contributed by atoms with Crippen LogP contribution in [0.25, 0.3) is 0 Å². The zero-order chi connectivity index (χ0) is 9.88. The molecule has 2 nitrogen and oxygen atoms in total. The van der Waals surface area contributed by atoms with Gasteiger partial charge in [0, 0.05) is 12.1 Å². The van der Waals surface area contributed by atoms with E-state index in [0.29, 0.717) is 5.54 Å². The molecule has 1 N–H and O–H groups in total. The molecule has 0 atom stereocenters. The summed E-state index contributed by atoms with van der Waals surface area (Å²) in [5.41, 5.74) is 0.408. The molecule has 5 rings (SSSR count). The first-order valence-electron chi connectivity index (χ1n) is 6.69. The number of ether oxygens (including phenoxy) is 1. The molecule has 4 saturated carbocycles. The van der Waals surface area contributed by atoms with Crippen LogP contribution in [0.5, 0.6) is 0 Å². The average molecular weight is 244 g/mol. The van der Waals surface area contributed by atoms with Crippen molar-refractivity contribution in [1.29, 1.82) is 0 Å². The molecule has 16 heavy (non-hydrogen) atoms. The van der Waals surface area contributed by atoms with E-state index in [4.69, 9.17) is 4.74 Å². The summed E-state index contributed by atoms with van der Waals surface area (Å²) in [6.07, 6.45) is 7.50. The molecule has 4 bridgehead atoms. The summed E-state index contributed by atoms with van der Waals surface area (Å²) in [4.78, 5) is 0. The van der Waals surface area contributed by atoms with Crippen molar-refractivity contribution in [2.75, 3.05) is 19.8 Å². The van der Waals surface area contributed by atoms with E-state index in [2.05, 4.69) is 5.32 Å². The molecular formula is C13H22ClNO. The van der Waals surface area contributed by atoms with Crippen LogP contribution in [0.4, 0.5) is 0 Å². The van der Waals surface area contributed by atoms with E-state index in [0.717, 1.165) is 43.4 Å². The third-order valence-corrected chi connectivity index (χ3v) is 5.64. The predicted octanol–water partition coefficient (Wildman–Crippen LogP) is 2.22. The second-order valence-corrected chi connectivity index (χ2v) is 6.32. The van der Waals surface area contributed by atoms with E-state index >= 15 is 0 Å². The molecule has 0 aromatic carbocycles. The first kappa shape index (κ1) is 11.3. The van der Waals surface area contributed by atoms with Crippen LogP contribution in [-0.2, 0) is 4.74 Å². The lowest BCUT2D eigenvalue weighted by Gasteiger charge is -2.62. The van der Waals surface area contributed by atoms with E-state index in [9.17, 15) is 0 Å². The summed E-state index contributed by atoms with van der Waals surface area (Å²) >= 11 is 0. The second kappa shape index (κ2) is 3.86. The summed E-state index contributed by atoms with van der Waals surface area (Å²) in [6.45, 7) is 3.01. The number of hydrogen-bond donors (Lipinski definition) is 1. The SMILES string of the molecule is C1COCC2(N1)C1CC3CC(C1)CC2C3.Cl. The fourth-order valence-corrected chi connectivity index (χ4v) is 5.20. The van der Waals surface area contributed by atoms with Crippen LogP contribution in [0, 0.1) is 23.7 Å².